The quantitative estimate of drug-likeness (QED) is 0.747. The second-order valence-electron chi connectivity index (χ2n) is 4.86. The van der Waals surface area contributed by atoms with E-state index in [1.807, 2.05) is 26.8 Å². The van der Waals surface area contributed by atoms with Gasteiger partial charge >= 0.3 is 0 Å². The molecule has 0 bridgehead atoms. The average Bonchev–Trinajstić information content (AvgIpc) is 2.35. The lowest BCUT2D eigenvalue weighted by Gasteiger charge is -2.12. The third-order valence-corrected chi connectivity index (χ3v) is 2.87. The number of ketones is 1. The van der Waals surface area contributed by atoms with E-state index in [1.54, 1.807) is 19.2 Å². The van der Waals surface area contributed by atoms with Gasteiger partial charge in [0.25, 0.3) is 0 Å². The van der Waals surface area contributed by atoms with Crippen LogP contribution in [0.2, 0.25) is 0 Å². The molecular weight excluding hydrogens is 226 g/mol. The van der Waals surface area contributed by atoms with Crippen molar-refractivity contribution in [3.8, 4) is 11.8 Å². The summed E-state index contributed by atoms with van der Waals surface area (Å²) < 4.78 is 5.20. The summed E-state index contributed by atoms with van der Waals surface area (Å²) in [5.74, 6) is 0.315. The molecule has 1 unspecified atom stereocenters. The van der Waals surface area contributed by atoms with Crippen LogP contribution in [-0.4, -0.2) is 12.9 Å². The minimum Gasteiger partial charge on any atom is -0.496 e. The third kappa shape index (κ3) is 3.33. The van der Waals surface area contributed by atoms with Crippen LogP contribution in [0.4, 0.5) is 0 Å². The van der Waals surface area contributed by atoms with Crippen LogP contribution in [0.15, 0.2) is 18.2 Å². The summed E-state index contributed by atoms with van der Waals surface area (Å²) in [6, 6.07) is 7.40. The van der Waals surface area contributed by atoms with Crippen LogP contribution in [0.1, 0.15) is 36.2 Å². The Balaban J connectivity index is 2.99. The van der Waals surface area contributed by atoms with Gasteiger partial charge in [-0.3, -0.25) is 4.79 Å². The molecule has 0 amide bonds. The van der Waals surface area contributed by atoms with Crippen LogP contribution >= 0.6 is 0 Å². The topological polar surface area (TPSA) is 50.1 Å². The number of hydrogen-bond donors (Lipinski definition) is 0. The van der Waals surface area contributed by atoms with Gasteiger partial charge in [-0.15, -0.1) is 0 Å². The predicted molar refractivity (Wildman–Crippen MR) is 70.6 cm³/mol. The summed E-state index contributed by atoms with van der Waals surface area (Å²) in [5, 5.41) is 9.09. The van der Waals surface area contributed by atoms with Gasteiger partial charge in [-0.2, -0.15) is 5.26 Å². The number of hydrogen-bond acceptors (Lipinski definition) is 3. The van der Waals surface area contributed by atoms with Crippen molar-refractivity contribution in [2.75, 3.05) is 7.11 Å². The Morgan fingerprint density at radius 2 is 2.11 bits per heavy atom. The van der Waals surface area contributed by atoms with Gasteiger partial charge in [-0.05, 0) is 30.9 Å². The second-order valence-corrected chi connectivity index (χ2v) is 4.86. The minimum absolute atomic E-state index is 0.121. The van der Waals surface area contributed by atoms with Gasteiger partial charge in [0.15, 0.2) is 5.78 Å². The smallest absolute Gasteiger partial charge is 0.180 e. The molecule has 0 aliphatic rings. The third-order valence-electron chi connectivity index (χ3n) is 2.87. The number of carbonyl (C=O) groups excluding carboxylic acids is 1. The van der Waals surface area contributed by atoms with Crippen molar-refractivity contribution >= 4 is 5.78 Å². The normalized spacial score (nSPS) is 12.0. The Bertz CT molecular complexity index is 472. The molecule has 0 saturated carbocycles. The predicted octanol–water partition coefficient (Wildman–Crippen LogP) is 3.37. The first kappa shape index (κ1) is 14.2. The summed E-state index contributed by atoms with van der Waals surface area (Å²) in [5.41, 5.74) is 1.52. The maximum absolute atomic E-state index is 12.2. The van der Waals surface area contributed by atoms with Crippen LogP contribution in [-0.2, 0) is 0 Å². The van der Waals surface area contributed by atoms with Crippen LogP contribution in [0.5, 0.6) is 5.75 Å². The Labute approximate surface area is 108 Å². The van der Waals surface area contributed by atoms with Gasteiger partial charge in [0, 0.05) is 5.56 Å². The molecule has 3 heteroatoms. The second kappa shape index (κ2) is 6.20. The summed E-state index contributed by atoms with van der Waals surface area (Å²) in [7, 11) is 1.58. The van der Waals surface area contributed by atoms with E-state index in [-0.39, 0.29) is 5.78 Å². The van der Waals surface area contributed by atoms with E-state index in [0.717, 1.165) is 5.56 Å². The van der Waals surface area contributed by atoms with E-state index in [1.165, 1.54) is 0 Å². The average molecular weight is 245 g/mol. The lowest BCUT2D eigenvalue weighted by molar-refractivity contribution is 0.0936. The van der Waals surface area contributed by atoms with E-state index >= 15 is 0 Å². The highest BCUT2D eigenvalue weighted by atomic mass is 16.5. The number of benzene rings is 1. The molecule has 1 aromatic carbocycles. The monoisotopic (exact) mass is 245 g/mol. The fourth-order valence-corrected chi connectivity index (χ4v) is 1.86. The standard InChI is InChI=1S/C15H19NO2/c1-10(2)7-13(9-16)15(17)12-6-5-11(3)14(8-12)18-4/h5-6,8,10,13H,7H2,1-4H3. The molecule has 1 aromatic rings. The summed E-state index contributed by atoms with van der Waals surface area (Å²) in [4.78, 5) is 12.2. The van der Waals surface area contributed by atoms with E-state index in [2.05, 4.69) is 6.07 Å². The minimum atomic E-state index is -0.572. The molecule has 0 saturated heterocycles. The lowest BCUT2D eigenvalue weighted by Crippen LogP contribution is -2.15. The largest absolute Gasteiger partial charge is 0.496 e. The number of rotatable bonds is 5. The molecule has 0 fully saturated rings. The molecule has 3 nitrogen and oxygen atoms in total. The zero-order chi connectivity index (χ0) is 13.7. The van der Waals surface area contributed by atoms with Gasteiger partial charge in [-0.25, -0.2) is 0 Å². The molecule has 0 heterocycles. The number of Topliss-reactive ketones (excluding diaryl/α,β-unsaturated/α-hetero) is 1. The lowest BCUT2D eigenvalue weighted by atomic mass is 9.90. The SMILES string of the molecule is COc1cc(C(=O)C(C#N)CC(C)C)ccc1C. The zero-order valence-electron chi connectivity index (χ0n) is 11.4. The van der Waals surface area contributed by atoms with Gasteiger partial charge < -0.3 is 4.74 Å². The summed E-state index contributed by atoms with van der Waals surface area (Å²) in [6.07, 6.45) is 0.589. The number of methoxy groups -OCH3 is 1. The fraction of sp³-hybridized carbons (Fsp3) is 0.467. The Morgan fingerprint density at radius 1 is 1.44 bits per heavy atom. The van der Waals surface area contributed by atoms with E-state index in [0.29, 0.717) is 23.7 Å². The zero-order valence-corrected chi connectivity index (χ0v) is 11.4. The van der Waals surface area contributed by atoms with Crippen molar-refractivity contribution in [2.45, 2.75) is 27.2 Å². The molecule has 0 radical (unpaired) electrons. The molecule has 96 valence electrons. The van der Waals surface area contributed by atoms with Crippen molar-refractivity contribution in [2.24, 2.45) is 11.8 Å². The number of nitriles is 1. The highest BCUT2D eigenvalue weighted by Gasteiger charge is 2.21. The molecule has 0 spiro atoms. The van der Waals surface area contributed by atoms with E-state index < -0.39 is 5.92 Å². The van der Waals surface area contributed by atoms with Crippen LogP contribution < -0.4 is 4.74 Å². The van der Waals surface area contributed by atoms with Gasteiger partial charge in [0.2, 0.25) is 0 Å². The number of aryl methyl sites for hydroxylation is 1. The van der Waals surface area contributed by atoms with Crippen molar-refractivity contribution < 1.29 is 9.53 Å². The summed E-state index contributed by atoms with van der Waals surface area (Å²) >= 11 is 0. The highest BCUT2D eigenvalue weighted by Crippen LogP contribution is 2.23. The first-order chi connectivity index (χ1) is 8.49. The highest BCUT2D eigenvalue weighted by molar-refractivity contribution is 5.99. The molecule has 18 heavy (non-hydrogen) atoms. The van der Waals surface area contributed by atoms with Crippen LogP contribution in [0, 0.1) is 30.1 Å². The molecule has 1 rings (SSSR count). The van der Waals surface area contributed by atoms with Gasteiger partial charge in [-0.1, -0.05) is 26.0 Å². The molecule has 1 atom stereocenters. The van der Waals surface area contributed by atoms with Crippen molar-refractivity contribution in [3.05, 3.63) is 29.3 Å². The molecular formula is C15H19NO2. The maximum Gasteiger partial charge on any atom is 0.180 e. The van der Waals surface area contributed by atoms with Crippen LogP contribution in [0.25, 0.3) is 0 Å². The van der Waals surface area contributed by atoms with E-state index in [9.17, 15) is 4.79 Å². The molecule has 0 aliphatic carbocycles. The first-order valence-electron chi connectivity index (χ1n) is 6.08. The van der Waals surface area contributed by atoms with Crippen molar-refractivity contribution in [1.29, 1.82) is 5.26 Å². The maximum atomic E-state index is 12.2. The van der Waals surface area contributed by atoms with Crippen LogP contribution in [0.3, 0.4) is 0 Å². The van der Waals surface area contributed by atoms with Crippen molar-refractivity contribution in [3.63, 3.8) is 0 Å². The van der Waals surface area contributed by atoms with Gasteiger partial charge in [0.1, 0.15) is 11.7 Å². The Kier molecular flexibility index (Phi) is 4.91. The van der Waals surface area contributed by atoms with Crippen molar-refractivity contribution in [1.82, 2.24) is 0 Å². The number of carbonyl (C=O) groups is 1. The Hall–Kier alpha value is -1.82. The number of nitrogens with zero attached hydrogens (tertiary/aromatic N) is 1. The molecule has 0 aromatic heterocycles. The summed E-state index contributed by atoms with van der Waals surface area (Å²) in [6.45, 7) is 5.93. The Morgan fingerprint density at radius 3 is 2.61 bits per heavy atom. The van der Waals surface area contributed by atoms with E-state index in [4.69, 9.17) is 10.00 Å². The molecule has 0 N–H and O–H groups in total. The number of ether oxygens (including phenoxy) is 1. The first-order valence-corrected chi connectivity index (χ1v) is 6.08. The van der Waals surface area contributed by atoms with Gasteiger partial charge in [0.05, 0.1) is 13.2 Å². The molecule has 0 aliphatic heterocycles. The fourth-order valence-electron chi connectivity index (χ4n) is 1.86.